The summed E-state index contributed by atoms with van der Waals surface area (Å²) in [4.78, 5) is 18.1. The molecule has 5 nitrogen and oxygen atoms in total. The molecule has 0 fully saturated rings. The third-order valence-electron chi connectivity index (χ3n) is 5.08. The minimum atomic E-state index is -0.293. The number of rotatable bonds is 8. The smallest absolute Gasteiger partial charge is 0.276 e. The van der Waals surface area contributed by atoms with Crippen LogP contribution in [-0.2, 0) is 18.0 Å². The zero-order valence-electron chi connectivity index (χ0n) is 17.3. The number of carbonyl (C=O) groups excluding carboxylic acids is 1. The van der Waals surface area contributed by atoms with Crippen LogP contribution in [-0.4, -0.2) is 13.0 Å². The second-order valence-corrected chi connectivity index (χ2v) is 7.08. The van der Waals surface area contributed by atoms with Gasteiger partial charge in [0.25, 0.3) is 5.91 Å². The number of methoxy groups -OCH3 is 1. The molecule has 4 aromatic rings. The lowest BCUT2D eigenvalue weighted by molar-refractivity contribution is 0.0234. The number of carbonyl (C=O) groups is 1. The second kappa shape index (κ2) is 9.78. The predicted molar refractivity (Wildman–Crippen MR) is 123 cm³/mol. The van der Waals surface area contributed by atoms with Crippen molar-refractivity contribution in [2.75, 3.05) is 12.4 Å². The van der Waals surface area contributed by atoms with Gasteiger partial charge in [-0.2, -0.15) is 0 Å². The fourth-order valence-electron chi connectivity index (χ4n) is 3.51. The molecule has 0 aliphatic heterocycles. The minimum Gasteiger partial charge on any atom is -0.496 e. The van der Waals surface area contributed by atoms with Crippen LogP contribution < -0.4 is 15.5 Å². The Hall–Kier alpha value is -3.83. The Morgan fingerprint density at radius 1 is 0.806 bits per heavy atom. The molecule has 4 aromatic carbocycles. The van der Waals surface area contributed by atoms with Crippen LogP contribution in [0.25, 0.3) is 10.8 Å². The van der Waals surface area contributed by atoms with Gasteiger partial charge in [-0.15, -0.1) is 0 Å². The van der Waals surface area contributed by atoms with Crippen LogP contribution in [0.2, 0.25) is 0 Å². The molecule has 31 heavy (non-hydrogen) atoms. The van der Waals surface area contributed by atoms with Crippen LogP contribution in [0.5, 0.6) is 5.75 Å². The Labute approximate surface area is 181 Å². The standard InChI is InChI=1S/C26H24N2O3/c1-30-25-16-15-20(21-11-5-6-12-22(21)25)17-27-24-14-8-7-13-23(24)26(29)28-31-18-19-9-3-2-4-10-19/h2-16,27H,17-18H2,1H3,(H,28,29). The molecule has 0 bridgehead atoms. The summed E-state index contributed by atoms with van der Waals surface area (Å²) in [5, 5.41) is 5.56. The molecule has 156 valence electrons. The molecule has 2 N–H and O–H groups in total. The molecule has 0 aromatic heterocycles. The van der Waals surface area contributed by atoms with E-state index in [0.29, 0.717) is 18.7 Å². The van der Waals surface area contributed by atoms with E-state index in [9.17, 15) is 4.79 Å². The number of hydrogen-bond donors (Lipinski definition) is 2. The zero-order chi connectivity index (χ0) is 21.5. The van der Waals surface area contributed by atoms with Crippen molar-refractivity contribution < 1.29 is 14.4 Å². The highest BCUT2D eigenvalue weighted by molar-refractivity contribution is 5.99. The molecule has 1 amide bonds. The number of fused-ring (bicyclic) bond motifs is 1. The van der Waals surface area contributed by atoms with Gasteiger partial charge in [0.2, 0.25) is 0 Å². The van der Waals surface area contributed by atoms with Gasteiger partial charge in [-0.25, -0.2) is 5.48 Å². The van der Waals surface area contributed by atoms with Gasteiger partial charge in [0.15, 0.2) is 0 Å². The highest BCUT2D eigenvalue weighted by atomic mass is 16.6. The predicted octanol–water partition coefficient (Wildman–Crippen LogP) is 5.32. The summed E-state index contributed by atoms with van der Waals surface area (Å²) in [6.07, 6.45) is 0. The minimum absolute atomic E-state index is 0.293. The van der Waals surface area contributed by atoms with Crippen LogP contribution in [0.1, 0.15) is 21.5 Å². The maximum Gasteiger partial charge on any atom is 0.276 e. The number of hydroxylamine groups is 1. The van der Waals surface area contributed by atoms with Crippen molar-refractivity contribution in [1.82, 2.24) is 5.48 Å². The van der Waals surface area contributed by atoms with Crippen molar-refractivity contribution in [2.45, 2.75) is 13.2 Å². The van der Waals surface area contributed by atoms with Crippen LogP contribution in [0.15, 0.2) is 91.0 Å². The second-order valence-electron chi connectivity index (χ2n) is 7.08. The summed E-state index contributed by atoms with van der Waals surface area (Å²) in [5.41, 5.74) is 5.90. The lowest BCUT2D eigenvalue weighted by Crippen LogP contribution is -2.24. The molecule has 0 saturated carbocycles. The van der Waals surface area contributed by atoms with Gasteiger partial charge in [-0.1, -0.05) is 72.8 Å². The number of benzene rings is 4. The number of amides is 1. The number of para-hydroxylation sites is 1. The summed E-state index contributed by atoms with van der Waals surface area (Å²) in [7, 11) is 1.68. The summed E-state index contributed by atoms with van der Waals surface area (Å²) in [6.45, 7) is 0.875. The van der Waals surface area contributed by atoms with Gasteiger partial charge >= 0.3 is 0 Å². The SMILES string of the molecule is COc1ccc(CNc2ccccc2C(=O)NOCc2ccccc2)c2ccccc12. The van der Waals surface area contributed by atoms with Crippen molar-refractivity contribution in [3.63, 3.8) is 0 Å². The average Bonchev–Trinajstić information content (AvgIpc) is 2.83. The average molecular weight is 412 g/mol. The first-order valence-electron chi connectivity index (χ1n) is 10.1. The summed E-state index contributed by atoms with van der Waals surface area (Å²) in [6, 6.07) is 29.2. The molecule has 0 aliphatic rings. The van der Waals surface area contributed by atoms with E-state index in [1.54, 1.807) is 13.2 Å². The first-order chi connectivity index (χ1) is 15.3. The van der Waals surface area contributed by atoms with Gasteiger partial charge < -0.3 is 10.1 Å². The lowest BCUT2D eigenvalue weighted by atomic mass is 10.0. The Kier molecular flexibility index (Phi) is 6.45. The van der Waals surface area contributed by atoms with Crippen LogP contribution >= 0.6 is 0 Å². The van der Waals surface area contributed by atoms with E-state index >= 15 is 0 Å². The van der Waals surface area contributed by atoms with E-state index in [-0.39, 0.29) is 5.91 Å². The zero-order valence-corrected chi connectivity index (χ0v) is 17.3. The highest BCUT2D eigenvalue weighted by Gasteiger charge is 2.12. The Morgan fingerprint density at radius 3 is 2.32 bits per heavy atom. The Bertz CT molecular complexity index is 1180. The number of nitrogens with one attached hydrogen (secondary N) is 2. The number of anilines is 1. The van der Waals surface area contributed by atoms with Gasteiger partial charge in [-0.05, 0) is 34.7 Å². The first-order valence-corrected chi connectivity index (χ1v) is 10.1. The van der Waals surface area contributed by atoms with E-state index in [4.69, 9.17) is 9.57 Å². The van der Waals surface area contributed by atoms with Crippen molar-refractivity contribution in [2.24, 2.45) is 0 Å². The lowest BCUT2D eigenvalue weighted by Gasteiger charge is -2.14. The molecule has 0 atom stereocenters. The van der Waals surface area contributed by atoms with E-state index in [2.05, 4.69) is 16.9 Å². The van der Waals surface area contributed by atoms with E-state index in [1.165, 1.54) is 0 Å². The van der Waals surface area contributed by atoms with Gasteiger partial charge in [0.05, 0.1) is 19.3 Å². The van der Waals surface area contributed by atoms with Gasteiger partial charge in [-0.3, -0.25) is 9.63 Å². The molecule has 0 saturated heterocycles. The number of hydrogen-bond acceptors (Lipinski definition) is 4. The molecule has 0 aliphatic carbocycles. The van der Waals surface area contributed by atoms with Crippen LogP contribution in [0, 0.1) is 0 Å². The largest absolute Gasteiger partial charge is 0.496 e. The topological polar surface area (TPSA) is 59.6 Å². The molecular formula is C26H24N2O3. The molecule has 0 spiro atoms. The summed E-state index contributed by atoms with van der Waals surface area (Å²) < 4.78 is 5.48. The Morgan fingerprint density at radius 2 is 1.52 bits per heavy atom. The van der Waals surface area contributed by atoms with Crippen molar-refractivity contribution in [3.8, 4) is 5.75 Å². The molecule has 0 radical (unpaired) electrons. The fraction of sp³-hybridized carbons (Fsp3) is 0.115. The summed E-state index contributed by atoms with van der Waals surface area (Å²) in [5.74, 6) is 0.549. The van der Waals surface area contributed by atoms with Gasteiger partial charge in [0, 0.05) is 17.6 Å². The van der Waals surface area contributed by atoms with E-state index < -0.39 is 0 Å². The third kappa shape index (κ3) is 4.85. The molecule has 0 heterocycles. The molecular weight excluding hydrogens is 388 g/mol. The number of ether oxygens (including phenoxy) is 1. The molecule has 4 rings (SSSR count). The van der Waals surface area contributed by atoms with Crippen LogP contribution in [0.3, 0.4) is 0 Å². The quantitative estimate of drug-likeness (QED) is 0.385. The van der Waals surface area contributed by atoms with Crippen molar-refractivity contribution >= 4 is 22.4 Å². The Balaban J connectivity index is 1.46. The van der Waals surface area contributed by atoms with Gasteiger partial charge in [0.1, 0.15) is 5.75 Å². The maximum atomic E-state index is 12.7. The molecule has 5 heteroatoms. The monoisotopic (exact) mass is 412 g/mol. The molecule has 0 unspecified atom stereocenters. The van der Waals surface area contributed by atoms with E-state index in [1.807, 2.05) is 78.9 Å². The summed E-state index contributed by atoms with van der Waals surface area (Å²) >= 11 is 0. The normalized spacial score (nSPS) is 10.6. The van der Waals surface area contributed by atoms with Crippen LogP contribution in [0.4, 0.5) is 5.69 Å². The van der Waals surface area contributed by atoms with E-state index in [0.717, 1.165) is 33.3 Å². The third-order valence-corrected chi connectivity index (χ3v) is 5.08. The highest BCUT2D eigenvalue weighted by Crippen LogP contribution is 2.29. The maximum absolute atomic E-state index is 12.7. The van der Waals surface area contributed by atoms with Crippen molar-refractivity contribution in [1.29, 1.82) is 0 Å². The van der Waals surface area contributed by atoms with Crippen molar-refractivity contribution in [3.05, 3.63) is 108 Å². The fourth-order valence-corrected chi connectivity index (χ4v) is 3.51. The first kappa shape index (κ1) is 20.4.